The van der Waals surface area contributed by atoms with E-state index in [0.717, 1.165) is 24.3 Å². The van der Waals surface area contributed by atoms with E-state index in [9.17, 15) is 0 Å². The van der Waals surface area contributed by atoms with Gasteiger partial charge in [0.05, 0.1) is 5.69 Å². The second-order valence-electron chi connectivity index (χ2n) is 5.06. The summed E-state index contributed by atoms with van der Waals surface area (Å²) in [7, 11) is 0. The molecular weight excluding hydrogens is 224 g/mol. The maximum atomic E-state index is 5.75. The van der Waals surface area contributed by atoms with Crippen LogP contribution in [0.3, 0.4) is 0 Å². The third-order valence-electron chi connectivity index (χ3n) is 3.12. The summed E-state index contributed by atoms with van der Waals surface area (Å²) < 4.78 is 2.17. The lowest BCUT2D eigenvalue weighted by Crippen LogP contribution is -2.37. The predicted octanol–water partition coefficient (Wildman–Crippen LogP) is 1.51. The summed E-state index contributed by atoms with van der Waals surface area (Å²) in [6.45, 7) is 7.11. The van der Waals surface area contributed by atoms with Crippen molar-refractivity contribution >= 4 is 5.65 Å². The first kappa shape index (κ1) is 13.1. The highest BCUT2D eigenvalue weighted by Gasteiger charge is 2.11. The summed E-state index contributed by atoms with van der Waals surface area (Å²) >= 11 is 0. The number of nitrogens with one attached hydrogen (secondary N) is 1. The van der Waals surface area contributed by atoms with Gasteiger partial charge in [0.1, 0.15) is 5.65 Å². The van der Waals surface area contributed by atoms with Crippen molar-refractivity contribution in [2.45, 2.75) is 39.3 Å². The van der Waals surface area contributed by atoms with Gasteiger partial charge in [-0.1, -0.05) is 6.07 Å². The molecule has 98 valence electrons. The van der Waals surface area contributed by atoms with Crippen molar-refractivity contribution in [1.82, 2.24) is 14.7 Å². The SMILES string of the molecule is Cc1nc2ccccn2c1CC(C)NCC(C)N. The molecule has 2 heterocycles. The highest BCUT2D eigenvalue weighted by atomic mass is 15.0. The fourth-order valence-corrected chi connectivity index (χ4v) is 2.16. The number of nitrogens with two attached hydrogens (primary N) is 1. The molecule has 0 aliphatic heterocycles. The van der Waals surface area contributed by atoms with E-state index in [2.05, 4.69) is 34.7 Å². The molecule has 18 heavy (non-hydrogen) atoms. The van der Waals surface area contributed by atoms with Gasteiger partial charge in [0.2, 0.25) is 0 Å². The molecular formula is C14H22N4. The number of fused-ring (bicyclic) bond motifs is 1. The summed E-state index contributed by atoms with van der Waals surface area (Å²) in [5.41, 5.74) is 9.15. The fourth-order valence-electron chi connectivity index (χ4n) is 2.16. The van der Waals surface area contributed by atoms with Crippen LogP contribution >= 0.6 is 0 Å². The van der Waals surface area contributed by atoms with Crippen molar-refractivity contribution in [3.63, 3.8) is 0 Å². The zero-order valence-corrected chi connectivity index (χ0v) is 11.4. The van der Waals surface area contributed by atoms with Crippen LogP contribution in [0.1, 0.15) is 25.2 Å². The number of aryl methyl sites for hydroxylation is 1. The van der Waals surface area contributed by atoms with Crippen LogP contribution in [-0.4, -0.2) is 28.0 Å². The first-order valence-corrected chi connectivity index (χ1v) is 6.49. The largest absolute Gasteiger partial charge is 0.327 e. The minimum absolute atomic E-state index is 0.190. The van der Waals surface area contributed by atoms with Crippen molar-refractivity contribution in [3.8, 4) is 0 Å². The molecule has 0 aliphatic rings. The van der Waals surface area contributed by atoms with Gasteiger partial charge in [-0.15, -0.1) is 0 Å². The second-order valence-corrected chi connectivity index (χ2v) is 5.06. The van der Waals surface area contributed by atoms with Crippen LogP contribution in [0.15, 0.2) is 24.4 Å². The fraction of sp³-hybridized carbons (Fsp3) is 0.500. The molecule has 0 radical (unpaired) electrons. The van der Waals surface area contributed by atoms with Gasteiger partial charge in [-0.25, -0.2) is 4.98 Å². The lowest BCUT2D eigenvalue weighted by molar-refractivity contribution is 0.509. The van der Waals surface area contributed by atoms with Crippen molar-refractivity contribution in [3.05, 3.63) is 35.8 Å². The third kappa shape index (κ3) is 2.89. The van der Waals surface area contributed by atoms with Gasteiger partial charge in [-0.3, -0.25) is 0 Å². The summed E-state index contributed by atoms with van der Waals surface area (Å²) in [4.78, 5) is 4.57. The lowest BCUT2D eigenvalue weighted by Gasteiger charge is -2.15. The Morgan fingerprint density at radius 3 is 2.89 bits per heavy atom. The van der Waals surface area contributed by atoms with Gasteiger partial charge in [-0.2, -0.15) is 0 Å². The Labute approximate surface area is 108 Å². The monoisotopic (exact) mass is 246 g/mol. The maximum absolute atomic E-state index is 5.75. The van der Waals surface area contributed by atoms with E-state index < -0.39 is 0 Å². The minimum atomic E-state index is 0.190. The van der Waals surface area contributed by atoms with Gasteiger partial charge in [0.15, 0.2) is 0 Å². The van der Waals surface area contributed by atoms with E-state index in [0.29, 0.717) is 6.04 Å². The molecule has 0 aromatic carbocycles. The molecule has 2 aromatic rings. The van der Waals surface area contributed by atoms with E-state index >= 15 is 0 Å². The third-order valence-corrected chi connectivity index (χ3v) is 3.12. The molecule has 2 atom stereocenters. The molecule has 2 aromatic heterocycles. The predicted molar refractivity (Wildman–Crippen MR) is 74.7 cm³/mol. The Morgan fingerprint density at radius 1 is 1.39 bits per heavy atom. The summed E-state index contributed by atoms with van der Waals surface area (Å²) in [6, 6.07) is 6.68. The Hall–Kier alpha value is -1.39. The van der Waals surface area contributed by atoms with E-state index in [1.807, 2.05) is 25.1 Å². The van der Waals surface area contributed by atoms with Crippen LogP contribution in [-0.2, 0) is 6.42 Å². The van der Waals surface area contributed by atoms with Crippen molar-refractivity contribution in [1.29, 1.82) is 0 Å². The molecule has 4 nitrogen and oxygen atoms in total. The first-order chi connectivity index (χ1) is 8.58. The molecule has 0 saturated heterocycles. The molecule has 0 aliphatic carbocycles. The van der Waals surface area contributed by atoms with Crippen molar-refractivity contribution < 1.29 is 0 Å². The second kappa shape index (κ2) is 5.50. The standard InChI is InChI=1S/C14H22N4/c1-10(15)9-16-11(2)8-13-12(3)17-14-6-4-5-7-18(13)14/h4-7,10-11,16H,8-9,15H2,1-3H3. The molecule has 2 rings (SSSR count). The van der Waals surface area contributed by atoms with E-state index in [1.165, 1.54) is 5.69 Å². The Morgan fingerprint density at radius 2 is 2.17 bits per heavy atom. The van der Waals surface area contributed by atoms with Gasteiger partial charge in [-0.05, 0) is 32.9 Å². The normalized spacial score (nSPS) is 14.9. The van der Waals surface area contributed by atoms with Crippen LogP contribution in [0.2, 0.25) is 0 Å². The number of imidazole rings is 1. The highest BCUT2D eigenvalue weighted by molar-refractivity contribution is 5.42. The first-order valence-electron chi connectivity index (χ1n) is 6.49. The number of nitrogens with zero attached hydrogens (tertiary/aromatic N) is 2. The molecule has 0 fully saturated rings. The van der Waals surface area contributed by atoms with Crippen molar-refractivity contribution in [2.75, 3.05) is 6.54 Å². The van der Waals surface area contributed by atoms with E-state index in [4.69, 9.17) is 5.73 Å². The summed E-state index contributed by atoms with van der Waals surface area (Å²) in [5, 5.41) is 3.45. The number of aromatic nitrogens is 2. The van der Waals surface area contributed by atoms with Crippen LogP contribution in [0.25, 0.3) is 5.65 Å². The van der Waals surface area contributed by atoms with Gasteiger partial charge < -0.3 is 15.5 Å². The average Bonchev–Trinajstić information content (AvgIpc) is 2.64. The number of rotatable bonds is 5. The molecule has 4 heteroatoms. The number of hydrogen-bond acceptors (Lipinski definition) is 3. The van der Waals surface area contributed by atoms with Crippen LogP contribution in [0, 0.1) is 6.92 Å². The Balaban J connectivity index is 2.13. The van der Waals surface area contributed by atoms with Gasteiger partial charge in [0.25, 0.3) is 0 Å². The lowest BCUT2D eigenvalue weighted by atomic mass is 10.1. The average molecular weight is 246 g/mol. The maximum Gasteiger partial charge on any atom is 0.137 e. The Kier molecular flexibility index (Phi) is 3.99. The van der Waals surface area contributed by atoms with Crippen LogP contribution in [0.5, 0.6) is 0 Å². The molecule has 0 bridgehead atoms. The zero-order valence-electron chi connectivity index (χ0n) is 11.4. The molecule has 0 spiro atoms. The number of pyridine rings is 1. The molecule has 3 N–H and O–H groups in total. The smallest absolute Gasteiger partial charge is 0.137 e. The summed E-state index contributed by atoms with van der Waals surface area (Å²) in [6.07, 6.45) is 3.03. The zero-order chi connectivity index (χ0) is 13.1. The van der Waals surface area contributed by atoms with Gasteiger partial charge >= 0.3 is 0 Å². The highest BCUT2D eigenvalue weighted by Crippen LogP contribution is 2.13. The Bertz CT molecular complexity index is 515. The molecule has 2 unspecified atom stereocenters. The summed E-state index contributed by atoms with van der Waals surface area (Å²) in [5.74, 6) is 0. The molecule has 0 saturated carbocycles. The van der Waals surface area contributed by atoms with E-state index in [-0.39, 0.29) is 6.04 Å². The molecule has 0 amide bonds. The van der Waals surface area contributed by atoms with Crippen LogP contribution in [0.4, 0.5) is 0 Å². The quantitative estimate of drug-likeness (QED) is 0.841. The topological polar surface area (TPSA) is 55.3 Å². The van der Waals surface area contributed by atoms with Crippen molar-refractivity contribution in [2.24, 2.45) is 5.73 Å². The van der Waals surface area contributed by atoms with Crippen LogP contribution < -0.4 is 11.1 Å². The van der Waals surface area contributed by atoms with E-state index in [1.54, 1.807) is 0 Å². The minimum Gasteiger partial charge on any atom is -0.327 e. The van der Waals surface area contributed by atoms with Gasteiger partial charge in [0, 0.05) is 36.9 Å². The number of hydrogen-bond donors (Lipinski definition) is 2.